The van der Waals surface area contributed by atoms with E-state index in [9.17, 15) is 0 Å². The van der Waals surface area contributed by atoms with Crippen molar-refractivity contribution in [3.8, 4) is 0 Å². The molecule has 14 heavy (non-hydrogen) atoms. The van der Waals surface area contributed by atoms with Gasteiger partial charge in [0.05, 0.1) is 11.7 Å². The largest absolute Gasteiger partial charge is 0.396 e. The van der Waals surface area contributed by atoms with Gasteiger partial charge in [-0.2, -0.15) is 0 Å². The van der Waals surface area contributed by atoms with Crippen LogP contribution in [0.4, 0.5) is 0 Å². The van der Waals surface area contributed by atoms with Gasteiger partial charge in [0, 0.05) is 18.2 Å². The maximum atomic E-state index is 8.80. The topological polar surface area (TPSA) is 63.5 Å². The van der Waals surface area contributed by atoms with E-state index in [2.05, 4.69) is 4.98 Å². The van der Waals surface area contributed by atoms with Crippen LogP contribution < -0.4 is 5.73 Å². The second-order valence-electron chi connectivity index (χ2n) is 2.96. The SMILES string of the molecule is NC(CCO)c1c(Cl)nc2sccn12. The van der Waals surface area contributed by atoms with Crippen molar-refractivity contribution in [3.63, 3.8) is 0 Å². The summed E-state index contributed by atoms with van der Waals surface area (Å²) in [5, 5.41) is 11.2. The fourth-order valence-corrected chi connectivity index (χ4v) is 2.47. The molecule has 2 rings (SSSR count). The molecule has 0 spiro atoms. The Balaban J connectivity index is 2.47. The summed E-state index contributed by atoms with van der Waals surface area (Å²) in [6, 6.07) is -0.267. The van der Waals surface area contributed by atoms with Crippen LogP contribution in [0.15, 0.2) is 11.6 Å². The molecule has 2 heterocycles. The molecule has 0 aromatic carbocycles. The summed E-state index contributed by atoms with van der Waals surface area (Å²) in [7, 11) is 0. The molecular formula is C8H10ClN3OS. The first-order valence-corrected chi connectivity index (χ1v) is 5.47. The van der Waals surface area contributed by atoms with E-state index in [4.69, 9.17) is 22.4 Å². The third-order valence-electron chi connectivity index (χ3n) is 2.05. The lowest BCUT2D eigenvalue weighted by atomic mass is 10.2. The van der Waals surface area contributed by atoms with Crippen molar-refractivity contribution < 1.29 is 5.11 Å². The van der Waals surface area contributed by atoms with Crippen molar-refractivity contribution in [2.75, 3.05) is 6.61 Å². The number of nitrogens with two attached hydrogens (primary N) is 1. The monoisotopic (exact) mass is 231 g/mol. The van der Waals surface area contributed by atoms with Gasteiger partial charge in [-0.25, -0.2) is 4.98 Å². The number of aliphatic hydroxyl groups is 1. The van der Waals surface area contributed by atoms with Crippen molar-refractivity contribution in [2.45, 2.75) is 12.5 Å². The Labute approximate surface area is 89.9 Å². The molecule has 0 amide bonds. The Kier molecular flexibility index (Phi) is 2.73. The van der Waals surface area contributed by atoms with Gasteiger partial charge in [0.2, 0.25) is 0 Å². The summed E-state index contributed by atoms with van der Waals surface area (Å²) < 4.78 is 1.87. The third kappa shape index (κ3) is 1.52. The first kappa shape index (κ1) is 9.92. The van der Waals surface area contributed by atoms with Gasteiger partial charge in [-0.05, 0) is 6.42 Å². The van der Waals surface area contributed by atoms with Crippen molar-refractivity contribution in [3.05, 3.63) is 22.4 Å². The van der Waals surface area contributed by atoms with Gasteiger partial charge in [-0.15, -0.1) is 11.3 Å². The van der Waals surface area contributed by atoms with Crippen LogP contribution in [0.25, 0.3) is 4.96 Å². The maximum absolute atomic E-state index is 8.80. The molecule has 0 aliphatic rings. The number of fused-ring (bicyclic) bond motifs is 1. The highest BCUT2D eigenvalue weighted by atomic mass is 35.5. The summed E-state index contributed by atoms with van der Waals surface area (Å²) >= 11 is 7.46. The van der Waals surface area contributed by atoms with Crippen LogP contribution >= 0.6 is 22.9 Å². The molecule has 0 aliphatic heterocycles. The first-order valence-electron chi connectivity index (χ1n) is 4.21. The number of hydrogen-bond acceptors (Lipinski definition) is 4. The molecule has 0 bridgehead atoms. The number of halogens is 1. The Bertz CT molecular complexity index is 439. The van der Waals surface area contributed by atoms with E-state index in [1.54, 1.807) is 0 Å². The molecule has 4 nitrogen and oxygen atoms in total. The minimum atomic E-state index is -0.267. The third-order valence-corrected chi connectivity index (χ3v) is 3.08. The molecule has 0 saturated heterocycles. The lowest BCUT2D eigenvalue weighted by Crippen LogP contribution is -2.14. The molecule has 76 valence electrons. The average Bonchev–Trinajstić information content (AvgIpc) is 2.63. The van der Waals surface area contributed by atoms with Gasteiger partial charge in [-0.3, -0.25) is 4.40 Å². The number of imidazole rings is 1. The van der Waals surface area contributed by atoms with Gasteiger partial charge < -0.3 is 10.8 Å². The van der Waals surface area contributed by atoms with E-state index in [1.165, 1.54) is 11.3 Å². The lowest BCUT2D eigenvalue weighted by molar-refractivity contribution is 0.275. The zero-order chi connectivity index (χ0) is 10.1. The second kappa shape index (κ2) is 3.86. The second-order valence-corrected chi connectivity index (χ2v) is 4.19. The standard InChI is InChI=1S/C8H10ClN3OS/c9-7-6(5(10)1-3-13)12-2-4-14-8(12)11-7/h2,4-5,13H,1,3,10H2. The van der Waals surface area contributed by atoms with Crippen LogP contribution in [0.2, 0.25) is 5.15 Å². The molecule has 1 atom stereocenters. The molecular weight excluding hydrogens is 222 g/mol. The van der Waals surface area contributed by atoms with E-state index in [0.29, 0.717) is 11.6 Å². The van der Waals surface area contributed by atoms with Gasteiger partial charge in [0.1, 0.15) is 0 Å². The highest BCUT2D eigenvalue weighted by Gasteiger charge is 2.17. The molecule has 2 aromatic heterocycles. The van der Waals surface area contributed by atoms with Crippen LogP contribution in [-0.2, 0) is 0 Å². The predicted octanol–water partition coefficient (Wildman–Crippen LogP) is 1.43. The van der Waals surface area contributed by atoms with Gasteiger partial charge in [0.25, 0.3) is 0 Å². The molecule has 0 aliphatic carbocycles. The minimum Gasteiger partial charge on any atom is -0.396 e. The molecule has 0 radical (unpaired) electrons. The van der Waals surface area contributed by atoms with Gasteiger partial charge in [-0.1, -0.05) is 11.6 Å². The molecule has 2 aromatic rings. The Hall–Kier alpha value is -0.620. The Morgan fingerprint density at radius 2 is 2.50 bits per heavy atom. The highest BCUT2D eigenvalue weighted by Crippen LogP contribution is 2.26. The van der Waals surface area contributed by atoms with E-state index in [1.807, 2.05) is 16.0 Å². The number of rotatable bonds is 3. The van der Waals surface area contributed by atoms with Crippen LogP contribution in [0, 0.1) is 0 Å². The normalized spacial score (nSPS) is 13.6. The Morgan fingerprint density at radius 3 is 3.21 bits per heavy atom. The van der Waals surface area contributed by atoms with Crippen LogP contribution in [0.3, 0.4) is 0 Å². The predicted molar refractivity (Wildman–Crippen MR) is 56.7 cm³/mol. The highest BCUT2D eigenvalue weighted by molar-refractivity contribution is 7.15. The zero-order valence-electron chi connectivity index (χ0n) is 7.35. The van der Waals surface area contributed by atoms with Gasteiger partial charge in [0.15, 0.2) is 10.1 Å². The summed E-state index contributed by atoms with van der Waals surface area (Å²) in [5.74, 6) is 0. The van der Waals surface area contributed by atoms with Crippen LogP contribution in [-0.4, -0.2) is 21.1 Å². The number of aliphatic hydroxyl groups excluding tert-OH is 1. The molecule has 1 unspecified atom stereocenters. The fourth-order valence-electron chi connectivity index (χ4n) is 1.38. The average molecular weight is 232 g/mol. The first-order chi connectivity index (χ1) is 6.74. The lowest BCUT2D eigenvalue weighted by Gasteiger charge is -2.08. The molecule has 0 fully saturated rings. The zero-order valence-corrected chi connectivity index (χ0v) is 8.92. The van der Waals surface area contributed by atoms with E-state index < -0.39 is 0 Å². The quantitative estimate of drug-likeness (QED) is 0.840. The number of hydrogen-bond donors (Lipinski definition) is 2. The smallest absolute Gasteiger partial charge is 0.195 e. The molecule has 6 heteroatoms. The van der Waals surface area contributed by atoms with Crippen molar-refractivity contribution in [1.29, 1.82) is 0 Å². The van der Waals surface area contributed by atoms with Crippen molar-refractivity contribution >= 4 is 27.9 Å². The number of nitrogens with zero attached hydrogens (tertiary/aromatic N) is 2. The minimum absolute atomic E-state index is 0.0505. The molecule has 0 saturated carbocycles. The van der Waals surface area contributed by atoms with Crippen molar-refractivity contribution in [1.82, 2.24) is 9.38 Å². The summed E-state index contributed by atoms with van der Waals surface area (Å²) in [4.78, 5) is 4.99. The summed E-state index contributed by atoms with van der Waals surface area (Å²) in [6.45, 7) is 0.0505. The van der Waals surface area contributed by atoms with E-state index in [-0.39, 0.29) is 12.6 Å². The number of thiazole rings is 1. The Morgan fingerprint density at radius 1 is 1.71 bits per heavy atom. The van der Waals surface area contributed by atoms with E-state index >= 15 is 0 Å². The fraction of sp³-hybridized carbons (Fsp3) is 0.375. The summed E-state index contributed by atoms with van der Waals surface area (Å²) in [5.41, 5.74) is 6.65. The van der Waals surface area contributed by atoms with Gasteiger partial charge >= 0.3 is 0 Å². The van der Waals surface area contributed by atoms with Crippen LogP contribution in [0.5, 0.6) is 0 Å². The van der Waals surface area contributed by atoms with Crippen molar-refractivity contribution in [2.24, 2.45) is 5.73 Å². The maximum Gasteiger partial charge on any atom is 0.195 e. The number of aromatic nitrogens is 2. The summed E-state index contributed by atoms with van der Waals surface area (Å²) in [6.07, 6.45) is 2.37. The molecule has 3 N–H and O–H groups in total. The van der Waals surface area contributed by atoms with Crippen LogP contribution in [0.1, 0.15) is 18.2 Å². The van der Waals surface area contributed by atoms with E-state index in [0.717, 1.165) is 10.7 Å².